The highest BCUT2D eigenvalue weighted by atomic mass is 16.2. The molecule has 6 nitrogen and oxygen atoms in total. The normalized spacial score (nSPS) is 14.9. The molecular weight excluding hydrogens is 378 g/mol. The van der Waals surface area contributed by atoms with Crippen molar-refractivity contribution in [3.63, 3.8) is 0 Å². The van der Waals surface area contributed by atoms with E-state index in [2.05, 4.69) is 62.6 Å². The lowest BCUT2D eigenvalue weighted by atomic mass is 9.93. The van der Waals surface area contributed by atoms with Gasteiger partial charge in [-0.25, -0.2) is 4.79 Å². The number of urea groups is 1. The Hall–Kier alpha value is -3.15. The van der Waals surface area contributed by atoms with Crippen LogP contribution in [0.2, 0.25) is 0 Å². The van der Waals surface area contributed by atoms with E-state index in [0.29, 0.717) is 11.5 Å². The second kappa shape index (κ2) is 9.11. The average Bonchev–Trinajstić information content (AvgIpc) is 3.04. The molecule has 1 aliphatic heterocycles. The van der Waals surface area contributed by atoms with E-state index in [-0.39, 0.29) is 42.9 Å². The Labute approximate surface area is 177 Å². The van der Waals surface area contributed by atoms with Crippen molar-refractivity contribution >= 4 is 17.8 Å². The molecule has 2 N–H and O–H groups in total. The Balaban J connectivity index is 1.68. The van der Waals surface area contributed by atoms with Crippen LogP contribution in [0, 0.1) is 5.92 Å². The van der Waals surface area contributed by atoms with E-state index in [9.17, 15) is 14.4 Å². The second-order valence-electron chi connectivity index (χ2n) is 8.35. The maximum atomic E-state index is 12.8. The fraction of sp³-hybridized carbons (Fsp3) is 0.375. The Morgan fingerprint density at radius 3 is 2.07 bits per heavy atom. The number of nitrogens with zero attached hydrogens (tertiary/aromatic N) is 1. The van der Waals surface area contributed by atoms with Gasteiger partial charge in [-0.2, -0.15) is 0 Å². The van der Waals surface area contributed by atoms with Crippen LogP contribution in [0.1, 0.15) is 66.7 Å². The summed E-state index contributed by atoms with van der Waals surface area (Å²) in [7, 11) is 0. The lowest BCUT2D eigenvalue weighted by Gasteiger charge is -2.23. The van der Waals surface area contributed by atoms with E-state index in [1.54, 1.807) is 24.3 Å². The molecule has 0 radical (unpaired) electrons. The summed E-state index contributed by atoms with van der Waals surface area (Å²) in [6, 6.07) is 14.9. The van der Waals surface area contributed by atoms with Gasteiger partial charge in [-0.1, -0.05) is 64.1 Å². The molecule has 30 heavy (non-hydrogen) atoms. The molecule has 2 aromatic carbocycles. The second-order valence-corrected chi connectivity index (χ2v) is 8.35. The van der Waals surface area contributed by atoms with Crippen LogP contribution in [0.5, 0.6) is 0 Å². The Morgan fingerprint density at radius 2 is 1.57 bits per heavy atom. The highest BCUT2D eigenvalue weighted by Gasteiger charge is 2.28. The van der Waals surface area contributed by atoms with Gasteiger partial charge in [0.05, 0.1) is 19.1 Å². The first kappa shape index (κ1) is 21.6. The summed E-state index contributed by atoms with van der Waals surface area (Å²) in [5.74, 6) is 0.303. The maximum Gasteiger partial charge on any atom is 0.324 e. The number of rotatable bonds is 7. The predicted molar refractivity (Wildman–Crippen MR) is 116 cm³/mol. The molecule has 4 amide bonds. The van der Waals surface area contributed by atoms with Crippen molar-refractivity contribution in [3.8, 4) is 0 Å². The van der Waals surface area contributed by atoms with Gasteiger partial charge >= 0.3 is 6.03 Å². The fourth-order valence-electron chi connectivity index (χ4n) is 3.51. The Morgan fingerprint density at radius 1 is 0.967 bits per heavy atom. The third-order valence-electron chi connectivity index (χ3n) is 5.41. The number of benzene rings is 2. The smallest absolute Gasteiger partial charge is 0.324 e. The molecule has 0 bridgehead atoms. The molecule has 1 unspecified atom stereocenters. The summed E-state index contributed by atoms with van der Waals surface area (Å²) >= 11 is 0. The van der Waals surface area contributed by atoms with Gasteiger partial charge in [-0.3, -0.25) is 14.5 Å². The molecule has 0 aromatic heterocycles. The van der Waals surface area contributed by atoms with E-state index in [1.807, 2.05) is 0 Å². The summed E-state index contributed by atoms with van der Waals surface area (Å²) in [5, 5.41) is 5.64. The first-order valence-corrected chi connectivity index (χ1v) is 10.3. The van der Waals surface area contributed by atoms with Gasteiger partial charge in [0.2, 0.25) is 5.91 Å². The van der Waals surface area contributed by atoms with Crippen molar-refractivity contribution in [1.29, 1.82) is 0 Å². The molecule has 3 rings (SSSR count). The van der Waals surface area contributed by atoms with E-state index in [0.717, 1.165) is 11.1 Å². The number of carbonyl (C=O) groups excluding carboxylic acids is 3. The SMILES string of the molecule is CC(C)c1ccc(C(NC(=O)c2ccc(CN3C(=O)CNC3=O)cc2)C(C)C)cc1. The number of amides is 4. The highest BCUT2D eigenvalue weighted by molar-refractivity contribution is 6.01. The van der Waals surface area contributed by atoms with Crippen LogP contribution in [0.15, 0.2) is 48.5 Å². The topological polar surface area (TPSA) is 78.5 Å². The minimum absolute atomic E-state index is 0.0358. The minimum atomic E-state index is -0.384. The molecule has 0 spiro atoms. The van der Waals surface area contributed by atoms with Crippen molar-refractivity contribution < 1.29 is 14.4 Å². The lowest BCUT2D eigenvalue weighted by Crippen LogP contribution is -2.32. The zero-order valence-corrected chi connectivity index (χ0v) is 17.9. The van der Waals surface area contributed by atoms with E-state index >= 15 is 0 Å². The molecular formula is C24H29N3O3. The predicted octanol–water partition coefficient (Wildman–Crippen LogP) is 3.99. The van der Waals surface area contributed by atoms with E-state index < -0.39 is 0 Å². The number of hydrogen-bond donors (Lipinski definition) is 2. The number of nitrogens with one attached hydrogen (secondary N) is 2. The number of imide groups is 1. The van der Waals surface area contributed by atoms with E-state index in [1.165, 1.54) is 10.5 Å². The van der Waals surface area contributed by atoms with Crippen LogP contribution in [-0.2, 0) is 11.3 Å². The molecule has 0 saturated carbocycles. The zero-order chi connectivity index (χ0) is 21.8. The van der Waals surface area contributed by atoms with E-state index in [4.69, 9.17) is 0 Å². The Bertz CT molecular complexity index is 902. The molecule has 1 aliphatic rings. The number of carbonyl (C=O) groups is 3. The zero-order valence-electron chi connectivity index (χ0n) is 17.9. The molecule has 6 heteroatoms. The van der Waals surface area contributed by atoms with Crippen LogP contribution < -0.4 is 10.6 Å². The molecule has 1 saturated heterocycles. The molecule has 0 aliphatic carbocycles. The maximum absolute atomic E-state index is 12.8. The molecule has 158 valence electrons. The first-order chi connectivity index (χ1) is 14.3. The minimum Gasteiger partial charge on any atom is -0.345 e. The molecule has 1 fully saturated rings. The summed E-state index contributed by atoms with van der Waals surface area (Å²) in [6.45, 7) is 8.72. The fourth-order valence-corrected chi connectivity index (χ4v) is 3.51. The van der Waals surface area contributed by atoms with Gasteiger partial charge in [0.25, 0.3) is 5.91 Å². The lowest BCUT2D eigenvalue weighted by molar-refractivity contribution is -0.125. The van der Waals surface area contributed by atoms with Crippen molar-refractivity contribution in [1.82, 2.24) is 15.5 Å². The Kier molecular flexibility index (Phi) is 6.55. The van der Waals surface area contributed by atoms with Gasteiger partial charge in [0.15, 0.2) is 0 Å². The van der Waals surface area contributed by atoms with Gasteiger partial charge < -0.3 is 10.6 Å². The van der Waals surface area contributed by atoms with Gasteiger partial charge in [0.1, 0.15) is 0 Å². The van der Waals surface area contributed by atoms with Gasteiger partial charge in [-0.15, -0.1) is 0 Å². The summed E-state index contributed by atoms with van der Waals surface area (Å²) < 4.78 is 0. The van der Waals surface area contributed by atoms with Crippen LogP contribution in [-0.4, -0.2) is 29.3 Å². The molecule has 1 atom stereocenters. The third-order valence-corrected chi connectivity index (χ3v) is 5.41. The van der Waals surface area contributed by atoms with Crippen molar-refractivity contribution in [2.45, 2.75) is 46.2 Å². The highest BCUT2D eigenvalue weighted by Crippen LogP contribution is 2.24. The van der Waals surface area contributed by atoms with Crippen LogP contribution in [0.4, 0.5) is 4.79 Å². The summed E-state index contributed by atoms with van der Waals surface area (Å²) in [4.78, 5) is 37.4. The largest absolute Gasteiger partial charge is 0.345 e. The first-order valence-electron chi connectivity index (χ1n) is 10.3. The van der Waals surface area contributed by atoms with Crippen LogP contribution in [0.25, 0.3) is 0 Å². The number of hydrogen-bond acceptors (Lipinski definition) is 3. The molecule has 1 heterocycles. The van der Waals surface area contributed by atoms with Crippen LogP contribution in [0.3, 0.4) is 0 Å². The summed E-state index contributed by atoms with van der Waals surface area (Å²) in [6.07, 6.45) is 0. The van der Waals surface area contributed by atoms with Crippen molar-refractivity contribution in [2.75, 3.05) is 6.54 Å². The standard InChI is InChI=1S/C24H29N3O3/c1-15(2)18-9-11-19(12-10-18)22(16(3)4)26-23(29)20-7-5-17(6-8-20)14-27-21(28)13-25-24(27)30/h5-12,15-16,22H,13-14H2,1-4H3,(H,25,30)(H,26,29). The van der Waals surface area contributed by atoms with Crippen LogP contribution >= 0.6 is 0 Å². The monoisotopic (exact) mass is 407 g/mol. The van der Waals surface area contributed by atoms with Crippen molar-refractivity contribution in [3.05, 3.63) is 70.8 Å². The van der Waals surface area contributed by atoms with Crippen molar-refractivity contribution in [2.24, 2.45) is 5.92 Å². The third kappa shape index (κ3) is 4.87. The molecule has 2 aromatic rings. The summed E-state index contributed by atoms with van der Waals surface area (Å²) in [5.41, 5.74) is 3.69. The quantitative estimate of drug-likeness (QED) is 0.681. The van der Waals surface area contributed by atoms with Gasteiger partial charge in [-0.05, 0) is 40.7 Å². The van der Waals surface area contributed by atoms with Gasteiger partial charge in [0, 0.05) is 5.56 Å². The average molecular weight is 408 g/mol.